The van der Waals surface area contributed by atoms with Gasteiger partial charge in [-0.05, 0) is 49.3 Å². The Bertz CT molecular complexity index is 748. The van der Waals surface area contributed by atoms with Crippen LogP contribution in [0, 0.1) is 0 Å². The Balaban J connectivity index is 1.94. The maximum atomic E-state index is 6.66. The van der Waals surface area contributed by atoms with E-state index in [4.69, 9.17) is 37.1 Å². The lowest BCUT2D eigenvalue weighted by atomic mass is 9.97. The molecule has 1 aromatic carbocycles. The van der Waals surface area contributed by atoms with Crippen LogP contribution in [-0.4, -0.2) is 60.9 Å². The molecule has 1 saturated heterocycles. The standard InChI is InChI=1S/C24H43Cl2NO3Si2/c1-24(2,3)32(7,8)30-14-13-27-12-11-19(17-27)22-21(10-9-20(25)23(22)26)29-18-28-15-16-31(4,5)6/h9-10,19H,11-18H2,1-8H3/t19-/m1/s1. The minimum absolute atomic E-state index is 0.234. The molecule has 1 aliphatic rings. The van der Waals surface area contributed by atoms with E-state index in [-0.39, 0.29) is 11.8 Å². The summed E-state index contributed by atoms with van der Waals surface area (Å²) in [6, 6.07) is 4.86. The lowest BCUT2D eigenvalue weighted by Crippen LogP contribution is -2.42. The summed E-state index contributed by atoms with van der Waals surface area (Å²) in [6.07, 6.45) is 1.03. The first kappa shape index (κ1) is 28.2. The van der Waals surface area contributed by atoms with Gasteiger partial charge in [0.25, 0.3) is 0 Å². The van der Waals surface area contributed by atoms with Gasteiger partial charge in [-0.25, -0.2) is 0 Å². The van der Waals surface area contributed by atoms with Crippen LogP contribution in [0.25, 0.3) is 0 Å². The number of ether oxygens (including phenoxy) is 2. The smallest absolute Gasteiger partial charge is 0.192 e. The van der Waals surface area contributed by atoms with Crippen molar-refractivity contribution < 1.29 is 13.9 Å². The molecule has 0 unspecified atom stereocenters. The summed E-state index contributed by atoms with van der Waals surface area (Å²) in [5.74, 6) is 1.09. The van der Waals surface area contributed by atoms with Crippen LogP contribution in [0.3, 0.4) is 0 Å². The van der Waals surface area contributed by atoms with E-state index in [9.17, 15) is 0 Å². The van der Waals surface area contributed by atoms with E-state index >= 15 is 0 Å². The molecule has 0 saturated carbocycles. The number of nitrogens with zero attached hydrogens (tertiary/aromatic N) is 1. The number of rotatable bonds is 11. The van der Waals surface area contributed by atoms with Gasteiger partial charge in [-0.3, -0.25) is 0 Å². The predicted molar refractivity (Wildman–Crippen MR) is 143 cm³/mol. The fourth-order valence-electron chi connectivity index (χ4n) is 3.52. The fourth-order valence-corrected chi connectivity index (χ4v) is 5.78. The van der Waals surface area contributed by atoms with E-state index in [0.29, 0.717) is 16.0 Å². The largest absolute Gasteiger partial charge is 0.467 e. The van der Waals surface area contributed by atoms with Crippen LogP contribution in [0.1, 0.15) is 38.7 Å². The fraction of sp³-hybridized carbons (Fsp3) is 0.750. The first-order chi connectivity index (χ1) is 14.7. The Morgan fingerprint density at radius 2 is 1.75 bits per heavy atom. The van der Waals surface area contributed by atoms with Gasteiger partial charge in [-0.2, -0.15) is 0 Å². The van der Waals surface area contributed by atoms with Gasteiger partial charge in [-0.15, -0.1) is 0 Å². The van der Waals surface area contributed by atoms with Crippen LogP contribution in [0.5, 0.6) is 5.75 Å². The second kappa shape index (κ2) is 11.6. The highest BCUT2D eigenvalue weighted by molar-refractivity contribution is 6.76. The number of benzene rings is 1. The summed E-state index contributed by atoms with van der Waals surface area (Å²) in [4.78, 5) is 2.46. The molecule has 1 heterocycles. The van der Waals surface area contributed by atoms with Crippen LogP contribution >= 0.6 is 23.2 Å². The highest BCUT2D eigenvalue weighted by atomic mass is 35.5. The summed E-state index contributed by atoms with van der Waals surface area (Å²) < 4.78 is 18.1. The van der Waals surface area contributed by atoms with Crippen LogP contribution in [0.15, 0.2) is 12.1 Å². The van der Waals surface area contributed by atoms with Crippen molar-refractivity contribution in [3.05, 3.63) is 27.7 Å². The SMILES string of the molecule is CC(C)(C)[Si](C)(C)OCCN1CC[C@@H](c2c(OCOCC[Si](C)(C)C)ccc(Cl)c2Cl)C1. The van der Waals surface area contributed by atoms with E-state index in [1.54, 1.807) is 0 Å². The molecule has 1 fully saturated rings. The summed E-state index contributed by atoms with van der Waals surface area (Å²) in [6.45, 7) is 23.2. The van der Waals surface area contributed by atoms with Gasteiger partial charge in [0.2, 0.25) is 0 Å². The Morgan fingerprint density at radius 1 is 1.06 bits per heavy atom. The van der Waals surface area contributed by atoms with Crippen molar-refractivity contribution in [1.82, 2.24) is 4.90 Å². The maximum Gasteiger partial charge on any atom is 0.192 e. The normalized spacial score (nSPS) is 18.4. The Morgan fingerprint density at radius 3 is 2.38 bits per heavy atom. The third-order valence-electron chi connectivity index (χ3n) is 6.74. The summed E-state index contributed by atoms with van der Waals surface area (Å²) >= 11 is 13.0. The second-order valence-corrected chi connectivity index (χ2v) is 22.9. The molecule has 0 amide bonds. The van der Waals surface area contributed by atoms with Crippen molar-refractivity contribution in [1.29, 1.82) is 0 Å². The van der Waals surface area contributed by atoms with Crippen LogP contribution in [0.2, 0.25) is 53.9 Å². The molecule has 0 aromatic heterocycles. The molecule has 1 atom stereocenters. The lowest BCUT2D eigenvalue weighted by Gasteiger charge is -2.36. The predicted octanol–water partition coefficient (Wildman–Crippen LogP) is 7.50. The van der Waals surface area contributed by atoms with Gasteiger partial charge in [-0.1, -0.05) is 63.6 Å². The molecule has 32 heavy (non-hydrogen) atoms. The molecular formula is C24H43Cl2NO3Si2. The summed E-state index contributed by atoms with van der Waals surface area (Å²) in [5.41, 5.74) is 1.01. The zero-order valence-electron chi connectivity index (χ0n) is 21.3. The minimum Gasteiger partial charge on any atom is -0.467 e. The minimum atomic E-state index is -1.71. The topological polar surface area (TPSA) is 30.9 Å². The molecule has 184 valence electrons. The van der Waals surface area contributed by atoms with Crippen LogP contribution < -0.4 is 4.74 Å². The van der Waals surface area contributed by atoms with Gasteiger partial charge in [0.1, 0.15) is 5.75 Å². The lowest BCUT2D eigenvalue weighted by molar-refractivity contribution is 0.0213. The third kappa shape index (κ3) is 8.29. The molecule has 2 rings (SSSR count). The number of likely N-dealkylation sites (tertiary alicyclic amines) is 1. The van der Waals surface area contributed by atoms with Crippen LogP contribution in [0.4, 0.5) is 0 Å². The molecule has 0 spiro atoms. The quantitative estimate of drug-likeness (QED) is 0.172. The van der Waals surface area contributed by atoms with Gasteiger partial charge < -0.3 is 18.8 Å². The second-order valence-electron chi connectivity index (χ2n) is 11.6. The Kier molecular flexibility index (Phi) is 10.2. The molecule has 8 heteroatoms. The van der Waals surface area contributed by atoms with Crippen LogP contribution in [-0.2, 0) is 9.16 Å². The third-order valence-corrected chi connectivity index (χ3v) is 13.8. The zero-order valence-corrected chi connectivity index (χ0v) is 24.8. The molecule has 1 aromatic rings. The first-order valence-electron chi connectivity index (χ1n) is 11.8. The molecule has 4 nitrogen and oxygen atoms in total. The van der Waals surface area contributed by atoms with Crippen molar-refractivity contribution in [3.63, 3.8) is 0 Å². The zero-order chi connectivity index (χ0) is 24.2. The van der Waals surface area contributed by atoms with E-state index in [1.807, 2.05) is 12.1 Å². The van der Waals surface area contributed by atoms with E-state index in [1.165, 1.54) is 0 Å². The van der Waals surface area contributed by atoms with E-state index in [2.05, 4.69) is 58.4 Å². The molecular weight excluding hydrogens is 477 g/mol. The molecule has 0 N–H and O–H groups in total. The van der Waals surface area contributed by atoms with E-state index < -0.39 is 16.4 Å². The highest BCUT2D eigenvalue weighted by Crippen LogP contribution is 2.42. The Hall–Kier alpha value is -0.0862. The highest BCUT2D eigenvalue weighted by Gasteiger charge is 2.37. The number of hydrogen-bond acceptors (Lipinski definition) is 4. The summed E-state index contributed by atoms with van der Waals surface area (Å²) in [5, 5.41) is 1.42. The average Bonchev–Trinajstić information content (AvgIpc) is 3.10. The first-order valence-corrected chi connectivity index (χ1v) is 19.1. The summed E-state index contributed by atoms with van der Waals surface area (Å²) in [7, 11) is -2.82. The average molecular weight is 521 g/mol. The number of hydrogen-bond donors (Lipinski definition) is 0. The molecule has 1 aliphatic heterocycles. The van der Waals surface area contributed by atoms with Crippen molar-refractivity contribution >= 4 is 39.6 Å². The van der Waals surface area contributed by atoms with Crippen molar-refractivity contribution in [2.24, 2.45) is 0 Å². The monoisotopic (exact) mass is 519 g/mol. The molecule has 0 aliphatic carbocycles. The van der Waals surface area contributed by atoms with Crippen molar-refractivity contribution in [2.75, 3.05) is 39.6 Å². The molecule has 0 bridgehead atoms. The van der Waals surface area contributed by atoms with Gasteiger partial charge in [0, 0.05) is 45.9 Å². The number of halogens is 2. The maximum absolute atomic E-state index is 6.66. The van der Waals surface area contributed by atoms with E-state index in [0.717, 1.165) is 56.6 Å². The van der Waals surface area contributed by atoms with Gasteiger partial charge in [0.05, 0.1) is 10.0 Å². The van der Waals surface area contributed by atoms with Crippen molar-refractivity contribution in [3.8, 4) is 5.75 Å². The Labute approximate surface area is 208 Å². The van der Waals surface area contributed by atoms with Gasteiger partial charge in [0.15, 0.2) is 15.1 Å². The molecule has 0 radical (unpaired) electrons. The van der Waals surface area contributed by atoms with Crippen molar-refractivity contribution in [2.45, 2.75) is 76.9 Å². The van der Waals surface area contributed by atoms with Gasteiger partial charge >= 0.3 is 0 Å².